The number of carbonyl (C=O) groups excluding carboxylic acids is 3. The van der Waals surface area contributed by atoms with Gasteiger partial charge in [0.1, 0.15) is 13.2 Å². The predicted molar refractivity (Wildman–Crippen MR) is 242 cm³/mol. The Hall–Kier alpha value is -3.93. The number of allylic oxidation sites excluding steroid dienone is 18. The van der Waals surface area contributed by atoms with Crippen molar-refractivity contribution >= 4 is 17.9 Å². The molecule has 1 unspecified atom stereocenters. The summed E-state index contributed by atoms with van der Waals surface area (Å²) in [5, 5.41) is 0. The van der Waals surface area contributed by atoms with Gasteiger partial charge in [-0.15, -0.1) is 0 Å². The minimum Gasteiger partial charge on any atom is -0.462 e. The van der Waals surface area contributed by atoms with Gasteiger partial charge in [-0.25, -0.2) is 0 Å². The summed E-state index contributed by atoms with van der Waals surface area (Å²) in [6.07, 6.45) is 59.7. The molecule has 0 aliphatic carbocycles. The topological polar surface area (TPSA) is 78.9 Å². The fourth-order valence-corrected chi connectivity index (χ4v) is 5.46. The summed E-state index contributed by atoms with van der Waals surface area (Å²) in [5.74, 6) is -1.01. The van der Waals surface area contributed by atoms with Crippen molar-refractivity contribution in [3.05, 3.63) is 109 Å². The zero-order valence-corrected chi connectivity index (χ0v) is 36.3. The lowest BCUT2D eigenvalue weighted by Crippen LogP contribution is -2.30. The van der Waals surface area contributed by atoms with Crippen LogP contribution in [0.5, 0.6) is 0 Å². The van der Waals surface area contributed by atoms with Crippen LogP contribution >= 0.6 is 0 Å². The summed E-state index contributed by atoms with van der Waals surface area (Å²) in [6.45, 7) is 6.22. The van der Waals surface area contributed by atoms with Gasteiger partial charge in [0.25, 0.3) is 0 Å². The number of rotatable bonds is 38. The standard InChI is InChI=1S/C51H80O6/c1-4-7-10-13-15-17-19-21-22-23-24-25-26-27-28-30-31-33-35-38-41-44-50(53)56-47-48(46-55-49(52)43-40-37-12-9-6-3)57-51(54)45-42-39-36-34-32-29-20-18-16-14-11-8-5-2/h7-8,10-11,15-18,21-22,24-25,27-29,31-33,48H,4-6,9,12-14,19-20,23,26,30,34-47H2,1-3H3/b10-7-,11-8-,17-15-,18-16-,22-21-,25-24-,28-27-,32-29-,33-31-. The largest absolute Gasteiger partial charge is 0.462 e. The Bertz CT molecular complexity index is 1230. The minimum absolute atomic E-state index is 0.108. The lowest BCUT2D eigenvalue weighted by molar-refractivity contribution is -0.167. The van der Waals surface area contributed by atoms with Gasteiger partial charge in [-0.3, -0.25) is 14.4 Å². The Labute approximate surface area is 349 Å². The fourth-order valence-electron chi connectivity index (χ4n) is 5.46. The molecule has 0 bridgehead atoms. The van der Waals surface area contributed by atoms with E-state index in [1.54, 1.807) is 0 Å². The van der Waals surface area contributed by atoms with Crippen molar-refractivity contribution in [3.63, 3.8) is 0 Å². The molecule has 0 rings (SSSR count). The van der Waals surface area contributed by atoms with Gasteiger partial charge in [-0.2, -0.15) is 0 Å². The number of ether oxygens (including phenoxy) is 3. The van der Waals surface area contributed by atoms with Gasteiger partial charge in [0.15, 0.2) is 6.10 Å². The van der Waals surface area contributed by atoms with Crippen molar-refractivity contribution in [1.82, 2.24) is 0 Å². The van der Waals surface area contributed by atoms with Crippen LogP contribution in [0.2, 0.25) is 0 Å². The molecule has 0 saturated carbocycles. The Kier molecular flexibility index (Phi) is 41.7. The van der Waals surface area contributed by atoms with Gasteiger partial charge in [-0.05, 0) is 103 Å². The highest BCUT2D eigenvalue weighted by Crippen LogP contribution is 2.10. The van der Waals surface area contributed by atoms with Crippen molar-refractivity contribution in [2.24, 2.45) is 0 Å². The molecular formula is C51H80O6. The Balaban J connectivity index is 4.36. The predicted octanol–water partition coefficient (Wildman–Crippen LogP) is 14.4. The molecule has 0 aliphatic heterocycles. The third-order valence-electron chi connectivity index (χ3n) is 8.77. The zero-order chi connectivity index (χ0) is 41.5. The van der Waals surface area contributed by atoms with E-state index in [-0.39, 0.29) is 37.5 Å². The van der Waals surface area contributed by atoms with E-state index in [4.69, 9.17) is 14.2 Å². The maximum atomic E-state index is 12.6. The van der Waals surface area contributed by atoms with Crippen LogP contribution in [0.1, 0.15) is 175 Å². The molecule has 0 fully saturated rings. The van der Waals surface area contributed by atoms with E-state index in [0.717, 1.165) is 128 Å². The maximum absolute atomic E-state index is 12.6. The third kappa shape index (κ3) is 43.0. The third-order valence-corrected chi connectivity index (χ3v) is 8.77. The second kappa shape index (κ2) is 44.8. The van der Waals surface area contributed by atoms with Gasteiger partial charge < -0.3 is 14.2 Å². The number of hydrogen-bond acceptors (Lipinski definition) is 6. The normalized spacial score (nSPS) is 13.1. The monoisotopic (exact) mass is 789 g/mol. The van der Waals surface area contributed by atoms with Crippen LogP contribution in [0, 0.1) is 0 Å². The van der Waals surface area contributed by atoms with E-state index in [1.165, 1.54) is 0 Å². The Morgan fingerprint density at radius 2 is 0.684 bits per heavy atom. The van der Waals surface area contributed by atoms with E-state index in [0.29, 0.717) is 19.3 Å². The molecule has 0 saturated heterocycles. The molecule has 0 aromatic rings. The molecule has 0 spiro atoms. The fraction of sp³-hybridized carbons (Fsp3) is 0.588. The zero-order valence-electron chi connectivity index (χ0n) is 36.3. The summed E-state index contributed by atoms with van der Waals surface area (Å²) in [7, 11) is 0. The first-order valence-electron chi connectivity index (χ1n) is 22.4. The molecule has 1 atom stereocenters. The van der Waals surface area contributed by atoms with Crippen LogP contribution in [0.25, 0.3) is 0 Å². The molecule has 0 aliphatic rings. The second-order valence-electron chi connectivity index (χ2n) is 14.2. The molecule has 6 heteroatoms. The maximum Gasteiger partial charge on any atom is 0.306 e. The number of hydrogen-bond donors (Lipinski definition) is 0. The van der Waals surface area contributed by atoms with E-state index in [1.807, 2.05) is 0 Å². The van der Waals surface area contributed by atoms with Crippen LogP contribution in [-0.2, 0) is 28.6 Å². The van der Waals surface area contributed by atoms with Crippen molar-refractivity contribution in [2.75, 3.05) is 13.2 Å². The molecule has 0 aromatic heterocycles. The first kappa shape index (κ1) is 53.1. The molecule has 0 amide bonds. The summed E-state index contributed by atoms with van der Waals surface area (Å²) >= 11 is 0. The smallest absolute Gasteiger partial charge is 0.306 e. The molecule has 0 N–H and O–H groups in total. The number of carbonyl (C=O) groups is 3. The van der Waals surface area contributed by atoms with Crippen LogP contribution in [-0.4, -0.2) is 37.2 Å². The summed E-state index contributed by atoms with van der Waals surface area (Å²) in [4.78, 5) is 37.5. The van der Waals surface area contributed by atoms with Gasteiger partial charge in [-0.1, -0.05) is 162 Å². The SMILES string of the molecule is CC/C=C\C/C=C\C/C=C\C/C=C\C/C=C\C/C=C\CCCCC(=O)OCC(COC(=O)CCCCCCC)OC(=O)CCCCC/C=C\C/C=C\C/C=C\CC. The van der Waals surface area contributed by atoms with Crippen LogP contribution in [0.4, 0.5) is 0 Å². The van der Waals surface area contributed by atoms with E-state index >= 15 is 0 Å². The summed E-state index contributed by atoms with van der Waals surface area (Å²) in [6, 6.07) is 0. The van der Waals surface area contributed by atoms with Crippen LogP contribution < -0.4 is 0 Å². The highest BCUT2D eigenvalue weighted by atomic mass is 16.6. The minimum atomic E-state index is -0.808. The van der Waals surface area contributed by atoms with E-state index < -0.39 is 6.10 Å². The van der Waals surface area contributed by atoms with Crippen LogP contribution in [0.15, 0.2) is 109 Å². The van der Waals surface area contributed by atoms with Gasteiger partial charge in [0.05, 0.1) is 0 Å². The van der Waals surface area contributed by atoms with Gasteiger partial charge >= 0.3 is 17.9 Å². The highest BCUT2D eigenvalue weighted by molar-refractivity contribution is 5.71. The van der Waals surface area contributed by atoms with Crippen molar-refractivity contribution in [3.8, 4) is 0 Å². The molecule has 6 nitrogen and oxygen atoms in total. The summed E-state index contributed by atoms with van der Waals surface area (Å²) < 4.78 is 16.5. The lowest BCUT2D eigenvalue weighted by Gasteiger charge is -2.18. The molecule has 0 aromatic carbocycles. The quantitative estimate of drug-likeness (QED) is 0.0268. The first-order valence-corrected chi connectivity index (χ1v) is 22.4. The van der Waals surface area contributed by atoms with E-state index in [2.05, 4.69) is 130 Å². The molecule has 0 radical (unpaired) electrons. The number of unbranched alkanes of at least 4 members (excludes halogenated alkanes) is 9. The Morgan fingerprint density at radius 3 is 1.09 bits per heavy atom. The van der Waals surface area contributed by atoms with Gasteiger partial charge in [0, 0.05) is 19.3 Å². The second-order valence-corrected chi connectivity index (χ2v) is 14.2. The van der Waals surface area contributed by atoms with Crippen LogP contribution in [0.3, 0.4) is 0 Å². The Morgan fingerprint density at radius 1 is 0.368 bits per heavy atom. The van der Waals surface area contributed by atoms with Gasteiger partial charge in [0.2, 0.25) is 0 Å². The van der Waals surface area contributed by atoms with Crippen molar-refractivity contribution in [2.45, 2.75) is 181 Å². The molecular weight excluding hydrogens is 709 g/mol. The highest BCUT2D eigenvalue weighted by Gasteiger charge is 2.19. The molecule has 320 valence electrons. The van der Waals surface area contributed by atoms with Crippen molar-refractivity contribution in [1.29, 1.82) is 0 Å². The molecule has 57 heavy (non-hydrogen) atoms. The average molecular weight is 789 g/mol. The van der Waals surface area contributed by atoms with E-state index in [9.17, 15) is 14.4 Å². The average Bonchev–Trinajstić information content (AvgIpc) is 3.21. The summed E-state index contributed by atoms with van der Waals surface area (Å²) in [5.41, 5.74) is 0. The lowest BCUT2D eigenvalue weighted by atomic mass is 10.1. The molecule has 0 heterocycles. The first-order chi connectivity index (χ1) is 28.0. The number of esters is 3. The van der Waals surface area contributed by atoms with Crippen molar-refractivity contribution < 1.29 is 28.6 Å².